The molecule has 0 unspecified atom stereocenters. The fraction of sp³-hybridized carbons (Fsp3) is 0.355. The van der Waals surface area contributed by atoms with Crippen LogP contribution >= 0.6 is 34.8 Å². The number of hydrogen-bond acceptors (Lipinski definition) is 3. The molecule has 0 bridgehead atoms. The average molecular weight is 588 g/mol. The van der Waals surface area contributed by atoms with Gasteiger partial charge in [-0.05, 0) is 66.8 Å². The van der Waals surface area contributed by atoms with Gasteiger partial charge in [-0.15, -0.1) is 0 Å². The minimum Gasteiger partial charge on any atom is -0.484 e. The number of nitrogens with zero attached hydrogens (tertiary/aromatic N) is 1. The zero-order valence-electron chi connectivity index (χ0n) is 22.0. The topological polar surface area (TPSA) is 58.6 Å². The smallest absolute Gasteiger partial charge is 0.261 e. The van der Waals surface area contributed by atoms with Gasteiger partial charge in [-0.1, -0.05) is 90.5 Å². The van der Waals surface area contributed by atoms with Gasteiger partial charge in [-0.25, -0.2) is 0 Å². The Morgan fingerprint density at radius 3 is 2.38 bits per heavy atom. The Hall–Kier alpha value is -2.73. The fourth-order valence-corrected chi connectivity index (χ4v) is 5.45. The third-order valence-corrected chi connectivity index (χ3v) is 8.08. The van der Waals surface area contributed by atoms with E-state index in [0.29, 0.717) is 32.8 Å². The van der Waals surface area contributed by atoms with Gasteiger partial charge < -0.3 is 15.0 Å². The first-order chi connectivity index (χ1) is 18.8. The van der Waals surface area contributed by atoms with Crippen LogP contribution in [0.2, 0.25) is 15.1 Å². The van der Waals surface area contributed by atoms with Crippen LogP contribution in [0.25, 0.3) is 0 Å². The zero-order chi connectivity index (χ0) is 27.8. The summed E-state index contributed by atoms with van der Waals surface area (Å²) in [7, 11) is 0. The Balaban J connectivity index is 1.63. The molecule has 39 heavy (non-hydrogen) atoms. The Kier molecular flexibility index (Phi) is 10.6. The first-order valence-corrected chi connectivity index (χ1v) is 14.4. The second-order valence-electron chi connectivity index (χ2n) is 10.0. The second kappa shape index (κ2) is 14.1. The van der Waals surface area contributed by atoms with Crippen LogP contribution in [0.3, 0.4) is 0 Å². The van der Waals surface area contributed by atoms with Crippen molar-refractivity contribution in [2.75, 3.05) is 6.61 Å². The van der Waals surface area contributed by atoms with E-state index < -0.39 is 6.04 Å². The summed E-state index contributed by atoms with van der Waals surface area (Å²) in [5.74, 6) is 0.0286. The number of ether oxygens (including phenoxy) is 1. The summed E-state index contributed by atoms with van der Waals surface area (Å²) < 4.78 is 5.87. The Labute approximate surface area is 245 Å². The van der Waals surface area contributed by atoms with Gasteiger partial charge in [0.15, 0.2) is 6.61 Å². The second-order valence-corrected chi connectivity index (χ2v) is 11.3. The van der Waals surface area contributed by atoms with Gasteiger partial charge in [-0.2, -0.15) is 0 Å². The molecule has 1 atom stereocenters. The highest BCUT2D eigenvalue weighted by Crippen LogP contribution is 2.26. The zero-order valence-corrected chi connectivity index (χ0v) is 24.2. The van der Waals surface area contributed by atoms with Gasteiger partial charge in [0.25, 0.3) is 5.91 Å². The van der Waals surface area contributed by atoms with Crippen molar-refractivity contribution < 1.29 is 14.3 Å². The largest absolute Gasteiger partial charge is 0.484 e. The van der Waals surface area contributed by atoms with E-state index in [1.165, 1.54) is 6.42 Å². The van der Waals surface area contributed by atoms with Crippen LogP contribution < -0.4 is 10.1 Å². The maximum absolute atomic E-state index is 13.8. The van der Waals surface area contributed by atoms with Crippen molar-refractivity contribution in [3.05, 3.63) is 98.5 Å². The summed E-state index contributed by atoms with van der Waals surface area (Å²) in [4.78, 5) is 29.2. The van der Waals surface area contributed by atoms with Gasteiger partial charge in [-0.3, -0.25) is 9.59 Å². The third-order valence-electron chi connectivity index (χ3n) is 7.07. The molecule has 0 aromatic heterocycles. The molecule has 4 rings (SSSR count). The van der Waals surface area contributed by atoms with Crippen molar-refractivity contribution in [1.82, 2.24) is 10.2 Å². The maximum Gasteiger partial charge on any atom is 0.261 e. The molecule has 0 saturated heterocycles. The highest BCUT2D eigenvalue weighted by atomic mass is 35.5. The highest BCUT2D eigenvalue weighted by molar-refractivity contribution is 6.35. The fourth-order valence-electron chi connectivity index (χ4n) is 4.87. The molecule has 2 amide bonds. The van der Waals surface area contributed by atoms with Crippen LogP contribution in [0, 0.1) is 6.92 Å². The van der Waals surface area contributed by atoms with Crippen molar-refractivity contribution in [1.29, 1.82) is 0 Å². The Morgan fingerprint density at radius 1 is 0.949 bits per heavy atom. The number of carbonyl (C=O) groups excluding carboxylic acids is 2. The van der Waals surface area contributed by atoms with Crippen molar-refractivity contribution in [2.24, 2.45) is 0 Å². The van der Waals surface area contributed by atoms with Crippen LogP contribution in [0.5, 0.6) is 5.75 Å². The number of hydrogen-bond donors (Lipinski definition) is 1. The predicted octanol–water partition coefficient (Wildman–Crippen LogP) is 7.42. The van der Waals surface area contributed by atoms with Gasteiger partial charge in [0.2, 0.25) is 5.91 Å². The number of nitrogens with one attached hydrogen (secondary N) is 1. The molecule has 1 N–H and O–H groups in total. The number of amides is 2. The SMILES string of the molecule is Cc1cc(OCC(=O)N(Cc2ccc(Cl)cc2Cl)[C@@H](Cc2ccccc2)C(=O)NC2CCCCC2)ccc1Cl. The minimum absolute atomic E-state index is 0.105. The first-order valence-electron chi connectivity index (χ1n) is 13.3. The lowest BCUT2D eigenvalue weighted by atomic mass is 9.94. The summed E-state index contributed by atoms with van der Waals surface area (Å²) in [6, 6.07) is 19.5. The molecule has 1 saturated carbocycles. The van der Waals surface area contributed by atoms with Gasteiger partial charge in [0.05, 0.1) is 0 Å². The summed E-state index contributed by atoms with van der Waals surface area (Å²) in [6.45, 7) is 1.76. The molecule has 3 aromatic carbocycles. The Bertz CT molecular complexity index is 1280. The monoisotopic (exact) mass is 586 g/mol. The van der Waals surface area contributed by atoms with Crippen LogP contribution in [0.4, 0.5) is 0 Å². The molecule has 0 radical (unpaired) electrons. The summed E-state index contributed by atoms with van der Waals surface area (Å²) in [6.07, 6.45) is 5.61. The van der Waals surface area contributed by atoms with E-state index in [4.69, 9.17) is 39.5 Å². The van der Waals surface area contributed by atoms with Crippen molar-refractivity contribution in [3.63, 3.8) is 0 Å². The number of benzene rings is 3. The van der Waals surface area contributed by atoms with E-state index in [1.54, 1.807) is 41.3 Å². The quantitative estimate of drug-likeness (QED) is 0.268. The molecule has 0 spiro atoms. The van der Waals surface area contributed by atoms with Gasteiger partial charge >= 0.3 is 0 Å². The number of carbonyl (C=O) groups is 2. The lowest BCUT2D eigenvalue weighted by molar-refractivity contribution is -0.143. The standard InChI is InChI=1S/C31H33Cl3N2O3/c1-21-16-26(14-15-27(21)33)39-20-30(37)36(19-23-12-13-24(32)18-28(23)34)29(17-22-8-4-2-5-9-22)31(38)35-25-10-6-3-7-11-25/h2,4-5,8-9,12-16,18,25,29H,3,6-7,10-11,17,19-20H2,1H3,(H,35,38)/t29-/m0/s1. The molecule has 1 aliphatic rings. The van der Waals surface area contributed by atoms with Gasteiger partial charge in [0.1, 0.15) is 11.8 Å². The van der Waals surface area contributed by atoms with Crippen molar-refractivity contribution in [3.8, 4) is 5.75 Å². The molecule has 0 heterocycles. The summed E-state index contributed by atoms with van der Waals surface area (Å²) in [5.41, 5.74) is 2.50. The van der Waals surface area contributed by atoms with Crippen molar-refractivity contribution >= 4 is 46.6 Å². The molecular formula is C31H33Cl3N2O3. The lowest BCUT2D eigenvalue weighted by Gasteiger charge is -2.33. The minimum atomic E-state index is -0.760. The number of aryl methyl sites for hydroxylation is 1. The normalized spacial score (nSPS) is 14.5. The van der Waals surface area contributed by atoms with E-state index in [1.807, 2.05) is 37.3 Å². The van der Waals surface area contributed by atoms with E-state index in [-0.39, 0.29) is 31.0 Å². The number of rotatable bonds is 10. The molecule has 0 aliphatic heterocycles. The maximum atomic E-state index is 13.8. The van der Waals surface area contributed by atoms with Crippen LogP contribution in [0.1, 0.15) is 48.8 Å². The predicted molar refractivity (Wildman–Crippen MR) is 158 cm³/mol. The van der Waals surface area contributed by atoms with E-state index in [0.717, 1.165) is 36.8 Å². The highest BCUT2D eigenvalue weighted by Gasteiger charge is 2.32. The summed E-state index contributed by atoms with van der Waals surface area (Å²) in [5, 5.41) is 4.78. The third kappa shape index (κ3) is 8.38. The van der Waals surface area contributed by atoms with Crippen molar-refractivity contribution in [2.45, 2.75) is 64.1 Å². The number of halogens is 3. The van der Waals surface area contributed by atoms with Crippen LogP contribution in [-0.2, 0) is 22.6 Å². The average Bonchev–Trinajstić information content (AvgIpc) is 2.93. The molecule has 8 heteroatoms. The summed E-state index contributed by atoms with van der Waals surface area (Å²) >= 11 is 18.8. The van der Waals surface area contributed by atoms with E-state index >= 15 is 0 Å². The van der Waals surface area contributed by atoms with E-state index in [2.05, 4.69) is 5.32 Å². The van der Waals surface area contributed by atoms with Crippen LogP contribution in [-0.4, -0.2) is 35.4 Å². The van der Waals surface area contributed by atoms with E-state index in [9.17, 15) is 9.59 Å². The Morgan fingerprint density at radius 2 is 1.69 bits per heavy atom. The molecule has 206 valence electrons. The molecule has 5 nitrogen and oxygen atoms in total. The molecule has 3 aromatic rings. The lowest BCUT2D eigenvalue weighted by Crippen LogP contribution is -2.53. The van der Waals surface area contributed by atoms with Crippen LogP contribution in [0.15, 0.2) is 66.7 Å². The molecule has 1 aliphatic carbocycles. The molecular weight excluding hydrogens is 555 g/mol. The van der Waals surface area contributed by atoms with Gasteiger partial charge in [0, 0.05) is 34.1 Å². The first kappa shape index (κ1) is 29.3. The molecule has 1 fully saturated rings.